The highest BCUT2D eigenvalue weighted by atomic mass is 32.2. The fourth-order valence-corrected chi connectivity index (χ4v) is 2.23. The molecule has 6 heteroatoms. The maximum atomic E-state index is 11.5. The maximum absolute atomic E-state index is 11.5. The summed E-state index contributed by atoms with van der Waals surface area (Å²) in [4.78, 5) is 0. The molecule has 5 nitrogen and oxygen atoms in total. The molecule has 0 radical (unpaired) electrons. The summed E-state index contributed by atoms with van der Waals surface area (Å²) in [6.45, 7) is 3.68. The number of nitrogens with zero attached hydrogens (tertiary/aromatic N) is 2. The second kappa shape index (κ2) is 4.45. The van der Waals surface area contributed by atoms with Crippen LogP contribution in [0.5, 0.6) is 0 Å². The van der Waals surface area contributed by atoms with Crippen LogP contribution in [0.25, 0.3) is 0 Å². The summed E-state index contributed by atoms with van der Waals surface area (Å²) in [5, 5.41) is 3.61. The van der Waals surface area contributed by atoms with E-state index in [0.717, 1.165) is 18.4 Å². The molecule has 0 fully saturated rings. The first-order valence-electron chi connectivity index (χ1n) is 5.29. The summed E-state index contributed by atoms with van der Waals surface area (Å²) in [5.41, 5.74) is 7.33. The van der Waals surface area contributed by atoms with Crippen LogP contribution in [0.2, 0.25) is 0 Å². The van der Waals surface area contributed by atoms with Gasteiger partial charge >= 0.3 is 0 Å². The van der Waals surface area contributed by atoms with Gasteiger partial charge in [0.2, 0.25) is 0 Å². The van der Waals surface area contributed by atoms with Crippen molar-refractivity contribution in [3.63, 3.8) is 0 Å². The summed E-state index contributed by atoms with van der Waals surface area (Å²) in [7, 11) is -1.40. The van der Waals surface area contributed by atoms with Gasteiger partial charge < -0.3 is 5.73 Å². The van der Waals surface area contributed by atoms with E-state index in [1.807, 2.05) is 6.92 Å². The van der Waals surface area contributed by atoms with Crippen LogP contribution < -0.4 is 5.73 Å². The SMILES string of the molecule is CCCc1c(C(C)S(C)(=O)=O)nn(C)c1N. The fraction of sp³-hybridized carbons (Fsp3) is 0.700. The van der Waals surface area contributed by atoms with Gasteiger partial charge in [0.15, 0.2) is 9.84 Å². The number of hydrogen-bond donors (Lipinski definition) is 1. The van der Waals surface area contributed by atoms with Gasteiger partial charge in [0, 0.05) is 18.9 Å². The summed E-state index contributed by atoms with van der Waals surface area (Å²) < 4.78 is 24.6. The Kier molecular flexibility index (Phi) is 3.62. The van der Waals surface area contributed by atoms with Crippen molar-refractivity contribution in [3.05, 3.63) is 11.3 Å². The van der Waals surface area contributed by atoms with E-state index in [0.29, 0.717) is 11.5 Å². The average molecular weight is 245 g/mol. The van der Waals surface area contributed by atoms with E-state index in [9.17, 15) is 8.42 Å². The first-order valence-corrected chi connectivity index (χ1v) is 7.24. The van der Waals surface area contributed by atoms with Crippen LogP contribution in [0.15, 0.2) is 0 Å². The zero-order chi connectivity index (χ0) is 12.5. The highest BCUT2D eigenvalue weighted by molar-refractivity contribution is 7.90. The number of aryl methyl sites for hydroxylation is 1. The number of nitrogens with two attached hydrogens (primary N) is 1. The minimum absolute atomic E-state index is 0.562. The number of rotatable bonds is 4. The molecule has 1 rings (SSSR count). The van der Waals surface area contributed by atoms with Gasteiger partial charge in [-0.25, -0.2) is 8.42 Å². The Morgan fingerprint density at radius 2 is 2.06 bits per heavy atom. The lowest BCUT2D eigenvalue weighted by atomic mass is 10.1. The zero-order valence-corrected chi connectivity index (χ0v) is 11.0. The van der Waals surface area contributed by atoms with Gasteiger partial charge in [-0.05, 0) is 13.3 Å². The first kappa shape index (κ1) is 13.0. The quantitative estimate of drug-likeness (QED) is 0.860. The number of hydrogen-bond acceptors (Lipinski definition) is 4. The van der Waals surface area contributed by atoms with E-state index in [-0.39, 0.29) is 0 Å². The number of anilines is 1. The third-order valence-electron chi connectivity index (χ3n) is 2.75. The molecule has 1 unspecified atom stereocenters. The van der Waals surface area contributed by atoms with E-state index < -0.39 is 15.1 Å². The molecule has 0 bridgehead atoms. The largest absolute Gasteiger partial charge is 0.384 e. The molecule has 0 spiro atoms. The Hall–Kier alpha value is -1.04. The average Bonchev–Trinajstić information content (AvgIpc) is 2.44. The lowest BCUT2D eigenvalue weighted by Crippen LogP contribution is -2.10. The monoisotopic (exact) mass is 245 g/mol. The first-order chi connectivity index (χ1) is 7.29. The predicted molar refractivity (Wildman–Crippen MR) is 64.9 cm³/mol. The van der Waals surface area contributed by atoms with E-state index >= 15 is 0 Å². The Morgan fingerprint density at radius 1 is 1.50 bits per heavy atom. The summed E-state index contributed by atoms with van der Waals surface area (Å²) in [5.74, 6) is 0.562. The van der Waals surface area contributed by atoms with Gasteiger partial charge in [0.05, 0.1) is 5.69 Å². The minimum Gasteiger partial charge on any atom is -0.384 e. The molecule has 92 valence electrons. The third-order valence-corrected chi connectivity index (χ3v) is 4.26. The zero-order valence-electron chi connectivity index (χ0n) is 10.2. The van der Waals surface area contributed by atoms with Crippen LogP contribution in [0, 0.1) is 0 Å². The fourth-order valence-electron chi connectivity index (χ4n) is 1.64. The Morgan fingerprint density at radius 3 is 2.50 bits per heavy atom. The van der Waals surface area contributed by atoms with E-state index in [4.69, 9.17) is 5.73 Å². The van der Waals surface area contributed by atoms with E-state index in [1.54, 1.807) is 18.7 Å². The highest BCUT2D eigenvalue weighted by Crippen LogP contribution is 2.27. The molecular formula is C10H19N3O2S. The Labute approximate surface area is 96.6 Å². The van der Waals surface area contributed by atoms with Gasteiger partial charge in [-0.3, -0.25) is 4.68 Å². The van der Waals surface area contributed by atoms with Crippen molar-refractivity contribution in [2.75, 3.05) is 12.0 Å². The van der Waals surface area contributed by atoms with Gasteiger partial charge in [-0.1, -0.05) is 13.3 Å². The van der Waals surface area contributed by atoms with E-state index in [2.05, 4.69) is 5.10 Å². The van der Waals surface area contributed by atoms with Crippen molar-refractivity contribution in [1.82, 2.24) is 9.78 Å². The highest BCUT2D eigenvalue weighted by Gasteiger charge is 2.25. The lowest BCUT2D eigenvalue weighted by Gasteiger charge is -2.08. The molecule has 0 saturated carbocycles. The lowest BCUT2D eigenvalue weighted by molar-refractivity contribution is 0.589. The summed E-state index contributed by atoms with van der Waals surface area (Å²) in [6.07, 6.45) is 2.90. The van der Waals surface area contributed by atoms with Crippen LogP contribution in [-0.4, -0.2) is 24.5 Å². The van der Waals surface area contributed by atoms with Crippen molar-refractivity contribution in [2.45, 2.75) is 31.9 Å². The molecule has 1 aromatic rings. The molecule has 0 aromatic carbocycles. The van der Waals surface area contributed by atoms with Crippen LogP contribution in [-0.2, 0) is 23.3 Å². The number of aromatic nitrogens is 2. The Bertz CT molecular complexity index is 476. The van der Waals surface area contributed by atoms with Crippen molar-refractivity contribution in [2.24, 2.45) is 7.05 Å². The normalized spacial score (nSPS) is 14.0. The second-order valence-electron chi connectivity index (χ2n) is 4.09. The number of nitrogen functional groups attached to an aromatic ring is 1. The second-order valence-corrected chi connectivity index (χ2v) is 6.46. The Balaban J connectivity index is 3.28. The molecule has 1 aromatic heterocycles. The van der Waals surface area contributed by atoms with Crippen molar-refractivity contribution >= 4 is 15.7 Å². The van der Waals surface area contributed by atoms with Gasteiger partial charge in [0.1, 0.15) is 11.1 Å². The minimum atomic E-state index is -3.13. The smallest absolute Gasteiger partial charge is 0.155 e. The molecule has 1 heterocycles. The van der Waals surface area contributed by atoms with Crippen LogP contribution in [0.1, 0.15) is 36.8 Å². The number of sulfone groups is 1. The molecule has 1 atom stereocenters. The van der Waals surface area contributed by atoms with Gasteiger partial charge in [-0.2, -0.15) is 5.10 Å². The molecule has 0 aliphatic heterocycles. The molecule has 2 N–H and O–H groups in total. The van der Waals surface area contributed by atoms with Crippen molar-refractivity contribution in [1.29, 1.82) is 0 Å². The van der Waals surface area contributed by atoms with E-state index in [1.165, 1.54) is 6.26 Å². The van der Waals surface area contributed by atoms with Gasteiger partial charge in [0.25, 0.3) is 0 Å². The molecule has 0 aliphatic carbocycles. The standard InChI is InChI=1S/C10H19N3O2S/c1-5-6-8-9(7(2)16(4,14)15)12-13(3)10(8)11/h7H,5-6,11H2,1-4H3. The molecule has 0 aliphatic rings. The van der Waals surface area contributed by atoms with Crippen LogP contribution in [0.3, 0.4) is 0 Å². The molecular weight excluding hydrogens is 226 g/mol. The summed E-state index contributed by atoms with van der Waals surface area (Å²) >= 11 is 0. The molecule has 16 heavy (non-hydrogen) atoms. The predicted octanol–water partition coefficient (Wildman–Crippen LogP) is 1.06. The third kappa shape index (κ3) is 2.37. The molecule has 0 saturated heterocycles. The molecule has 0 amide bonds. The van der Waals surface area contributed by atoms with Crippen LogP contribution >= 0.6 is 0 Å². The van der Waals surface area contributed by atoms with Crippen molar-refractivity contribution in [3.8, 4) is 0 Å². The maximum Gasteiger partial charge on any atom is 0.155 e. The summed E-state index contributed by atoms with van der Waals surface area (Å²) in [6, 6.07) is 0. The van der Waals surface area contributed by atoms with Crippen LogP contribution in [0.4, 0.5) is 5.82 Å². The van der Waals surface area contributed by atoms with Crippen molar-refractivity contribution < 1.29 is 8.42 Å². The topological polar surface area (TPSA) is 78.0 Å². The van der Waals surface area contributed by atoms with Gasteiger partial charge in [-0.15, -0.1) is 0 Å².